The van der Waals surface area contributed by atoms with Crippen LogP contribution in [0, 0.1) is 0 Å². The maximum absolute atomic E-state index is 13.4. The van der Waals surface area contributed by atoms with E-state index in [-0.39, 0.29) is 25.0 Å². The molecule has 0 aliphatic carbocycles. The number of hydrogen-bond acceptors (Lipinski definition) is 6. The first-order valence-corrected chi connectivity index (χ1v) is 12.1. The zero-order valence-electron chi connectivity index (χ0n) is 20.0. The molecular weight excluding hydrogens is 434 g/mol. The Balaban J connectivity index is 1.62. The lowest BCUT2D eigenvalue weighted by Crippen LogP contribution is -2.45. The summed E-state index contributed by atoms with van der Waals surface area (Å²) in [5.41, 5.74) is 1.81. The third kappa shape index (κ3) is 6.22. The first-order valence-electron chi connectivity index (χ1n) is 12.1. The molecule has 1 fully saturated rings. The van der Waals surface area contributed by atoms with Crippen molar-refractivity contribution >= 4 is 17.5 Å². The molecule has 1 aromatic carbocycles. The van der Waals surface area contributed by atoms with Crippen molar-refractivity contribution in [3.05, 3.63) is 48.5 Å². The number of aromatic nitrogens is 2. The van der Waals surface area contributed by atoms with Gasteiger partial charge < -0.3 is 23.8 Å². The van der Waals surface area contributed by atoms with E-state index in [1.165, 1.54) is 0 Å². The minimum atomic E-state index is -0.0666. The Bertz CT molecular complexity index is 929. The molecule has 0 spiro atoms. The molecule has 0 N–H and O–H groups in total. The molecule has 2 amide bonds. The first kappa shape index (κ1) is 24.4. The van der Waals surface area contributed by atoms with Crippen molar-refractivity contribution in [3.63, 3.8) is 0 Å². The van der Waals surface area contributed by atoms with E-state index < -0.39 is 0 Å². The Morgan fingerprint density at radius 3 is 2.68 bits per heavy atom. The number of carbonyl (C=O) groups excluding carboxylic acids is 2. The van der Waals surface area contributed by atoms with Crippen molar-refractivity contribution in [2.24, 2.45) is 0 Å². The molecule has 0 saturated carbocycles. The third-order valence-electron chi connectivity index (χ3n) is 6.63. The summed E-state index contributed by atoms with van der Waals surface area (Å²) in [5, 5.41) is 0. The quantitative estimate of drug-likeness (QED) is 0.664. The summed E-state index contributed by atoms with van der Waals surface area (Å²) < 4.78 is 12.5. The topological polar surface area (TPSA) is 80.1 Å². The molecule has 0 atom stereocenters. The van der Waals surface area contributed by atoms with E-state index in [4.69, 9.17) is 9.47 Å². The van der Waals surface area contributed by atoms with Gasteiger partial charge in [0, 0.05) is 77.2 Å². The Morgan fingerprint density at radius 2 is 1.91 bits per heavy atom. The molecule has 9 heteroatoms. The number of amides is 2. The van der Waals surface area contributed by atoms with Gasteiger partial charge in [0.05, 0.1) is 6.33 Å². The number of ether oxygens (including phenoxy) is 2. The van der Waals surface area contributed by atoms with Gasteiger partial charge in [-0.25, -0.2) is 4.98 Å². The van der Waals surface area contributed by atoms with E-state index in [0.29, 0.717) is 25.7 Å². The van der Waals surface area contributed by atoms with Crippen LogP contribution in [0.4, 0.5) is 5.69 Å². The molecule has 9 nitrogen and oxygen atoms in total. The molecule has 184 valence electrons. The van der Waals surface area contributed by atoms with Crippen LogP contribution in [-0.4, -0.2) is 90.3 Å². The van der Waals surface area contributed by atoms with Crippen LogP contribution in [0.1, 0.15) is 24.8 Å². The first-order chi connectivity index (χ1) is 16.7. The highest BCUT2D eigenvalue weighted by Gasteiger charge is 2.26. The van der Waals surface area contributed by atoms with Gasteiger partial charge in [-0.1, -0.05) is 18.2 Å². The van der Waals surface area contributed by atoms with Gasteiger partial charge in [-0.15, -0.1) is 0 Å². The predicted molar refractivity (Wildman–Crippen MR) is 128 cm³/mol. The fraction of sp³-hybridized carbons (Fsp3) is 0.560. The molecule has 1 aromatic heterocycles. The highest BCUT2D eigenvalue weighted by atomic mass is 16.5. The van der Waals surface area contributed by atoms with Gasteiger partial charge in [-0.2, -0.15) is 0 Å². The zero-order valence-corrected chi connectivity index (χ0v) is 20.0. The number of para-hydroxylation sites is 1. The van der Waals surface area contributed by atoms with E-state index in [2.05, 4.69) is 9.88 Å². The molecule has 0 bridgehead atoms. The number of fused-ring (bicyclic) bond motifs is 1. The molecule has 2 aromatic rings. The molecule has 2 aliphatic rings. The minimum Gasteiger partial charge on any atom is -0.381 e. The van der Waals surface area contributed by atoms with Crippen LogP contribution in [0.2, 0.25) is 0 Å². The summed E-state index contributed by atoms with van der Waals surface area (Å²) in [5.74, 6) is -0.0307. The van der Waals surface area contributed by atoms with Crippen molar-refractivity contribution < 1.29 is 19.1 Å². The molecule has 3 heterocycles. The maximum atomic E-state index is 13.4. The number of benzene rings is 1. The van der Waals surface area contributed by atoms with Gasteiger partial charge >= 0.3 is 0 Å². The Morgan fingerprint density at radius 1 is 1.09 bits per heavy atom. The molecular formula is C25H35N5O4. The standard InChI is InChI=1S/C25H35N5O4/c1-33-19-25(32)30-11-4-10-28(22-7-15-34-16-8-22)13-14-29(17-21-5-2-3-6-23(21)30)24(31)18-27-12-9-26-20-27/h2-3,5-6,9,12,20,22H,4,7-8,10-11,13-19H2,1H3. The fourth-order valence-electron chi connectivity index (χ4n) is 4.83. The van der Waals surface area contributed by atoms with Gasteiger partial charge in [-0.3, -0.25) is 14.5 Å². The molecule has 1 saturated heterocycles. The summed E-state index contributed by atoms with van der Waals surface area (Å²) in [6, 6.07) is 8.32. The van der Waals surface area contributed by atoms with Crippen LogP contribution in [0.15, 0.2) is 43.0 Å². The number of hydrogen-bond donors (Lipinski definition) is 0. The lowest BCUT2D eigenvalue weighted by atomic mass is 10.1. The number of nitrogens with zero attached hydrogens (tertiary/aromatic N) is 5. The van der Waals surface area contributed by atoms with Crippen molar-refractivity contribution in [1.29, 1.82) is 0 Å². The third-order valence-corrected chi connectivity index (χ3v) is 6.63. The Labute approximate surface area is 201 Å². The summed E-state index contributed by atoms with van der Waals surface area (Å²) in [4.78, 5) is 36.6. The van der Waals surface area contributed by atoms with Gasteiger partial charge in [0.15, 0.2) is 0 Å². The normalized spacial score (nSPS) is 18.9. The minimum absolute atomic E-state index is 0.0291. The average Bonchev–Trinajstić information content (AvgIpc) is 3.35. The smallest absolute Gasteiger partial charge is 0.252 e. The average molecular weight is 470 g/mol. The van der Waals surface area contributed by atoms with Crippen molar-refractivity contribution in [2.75, 3.05) is 58.0 Å². The van der Waals surface area contributed by atoms with Crippen LogP contribution in [0.25, 0.3) is 0 Å². The van der Waals surface area contributed by atoms with Crippen molar-refractivity contribution in [2.45, 2.75) is 38.4 Å². The summed E-state index contributed by atoms with van der Waals surface area (Å²) in [6.07, 6.45) is 7.99. The number of rotatable bonds is 5. The number of anilines is 1. The van der Waals surface area contributed by atoms with Gasteiger partial charge in [0.2, 0.25) is 5.91 Å². The molecule has 4 rings (SSSR count). The summed E-state index contributed by atoms with van der Waals surface area (Å²) in [6.45, 7) is 5.17. The molecule has 0 radical (unpaired) electrons. The van der Waals surface area contributed by atoms with Crippen LogP contribution in [0.5, 0.6) is 0 Å². The van der Waals surface area contributed by atoms with E-state index in [0.717, 1.165) is 56.8 Å². The van der Waals surface area contributed by atoms with Gasteiger partial charge in [0.25, 0.3) is 5.91 Å². The molecule has 34 heavy (non-hydrogen) atoms. The zero-order chi connectivity index (χ0) is 23.8. The number of imidazole rings is 1. The molecule has 2 aliphatic heterocycles. The second-order valence-corrected chi connectivity index (χ2v) is 8.89. The Kier molecular flexibility index (Phi) is 8.67. The van der Waals surface area contributed by atoms with Gasteiger partial charge in [0.1, 0.15) is 13.2 Å². The lowest BCUT2D eigenvalue weighted by Gasteiger charge is -2.35. The monoisotopic (exact) mass is 469 g/mol. The van der Waals surface area contributed by atoms with Crippen LogP contribution < -0.4 is 4.90 Å². The second-order valence-electron chi connectivity index (χ2n) is 8.89. The van der Waals surface area contributed by atoms with E-state index >= 15 is 0 Å². The highest BCUT2D eigenvalue weighted by Crippen LogP contribution is 2.25. The van der Waals surface area contributed by atoms with E-state index in [1.807, 2.05) is 34.1 Å². The second kappa shape index (κ2) is 12.1. The summed E-state index contributed by atoms with van der Waals surface area (Å²) in [7, 11) is 1.54. The van der Waals surface area contributed by atoms with Crippen molar-refractivity contribution in [1.82, 2.24) is 19.4 Å². The fourth-order valence-corrected chi connectivity index (χ4v) is 4.83. The predicted octanol–water partition coefficient (Wildman–Crippen LogP) is 1.78. The van der Waals surface area contributed by atoms with E-state index in [9.17, 15) is 9.59 Å². The summed E-state index contributed by atoms with van der Waals surface area (Å²) >= 11 is 0. The number of carbonyl (C=O) groups is 2. The lowest BCUT2D eigenvalue weighted by molar-refractivity contribution is -0.132. The van der Waals surface area contributed by atoms with Gasteiger partial charge in [-0.05, 0) is 30.9 Å². The van der Waals surface area contributed by atoms with Crippen LogP contribution in [0.3, 0.4) is 0 Å². The van der Waals surface area contributed by atoms with Crippen LogP contribution in [-0.2, 0) is 32.2 Å². The van der Waals surface area contributed by atoms with Crippen LogP contribution >= 0.6 is 0 Å². The van der Waals surface area contributed by atoms with Crippen molar-refractivity contribution in [3.8, 4) is 0 Å². The number of methoxy groups -OCH3 is 1. The highest BCUT2D eigenvalue weighted by molar-refractivity contribution is 5.95. The molecule has 0 unspecified atom stereocenters. The SMILES string of the molecule is COCC(=O)N1CCCN(C2CCOCC2)CCN(C(=O)Cn2ccnc2)Cc2ccccc21. The maximum Gasteiger partial charge on any atom is 0.252 e. The van der Waals surface area contributed by atoms with E-state index in [1.54, 1.807) is 30.4 Å². The largest absolute Gasteiger partial charge is 0.381 e. The Hall–Kier alpha value is -2.75.